The first-order valence-corrected chi connectivity index (χ1v) is 6.85. The van der Waals surface area contributed by atoms with Crippen LogP contribution < -0.4 is 15.4 Å². The van der Waals surface area contributed by atoms with Crippen LogP contribution in [0.2, 0.25) is 5.02 Å². The van der Waals surface area contributed by atoms with Gasteiger partial charge in [0.2, 0.25) is 5.91 Å². The smallest absolute Gasteiger partial charge is 0.239 e. The van der Waals surface area contributed by atoms with Crippen LogP contribution in [-0.4, -0.2) is 25.6 Å². The number of ether oxygens (including phenoxy) is 1. The Labute approximate surface area is 119 Å². The van der Waals surface area contributed by atoms with Gasteiger partial charge < -0.3 is 15.4 Å². The van der Waals surface area contributed by atoms with Gasteiger partial charge >= 0.3 is 0 Å². The average Bonchev–Trinajstić information content (AvgIpc) is 2.43. The number of nitrogens with one attached hydrogen (secondary N) is 2. The molecule has 0 aromatic heterocycles. The summed E-state index contributed by atoms with van der Waals surface area (Å²) in [6, 6.07) is 5.57. The predicted octanol–water partition coefficient (Wildman–Crippen LogP) is 3.07. The van der Waals surface area contributed by atoms with Crippen LogP contribution in [0, 0.1) is 0 Å². The van der Waals surface area contributed by atoms with Crippen molar-refractivity contribution < 1.29 is 9.53 Å². The lowest BCUT2D eigenvalue weighted by Crippen LogP contribution is -2.37. The Kier molecular flexibility index (Phi) is 6.50. The number of benzene rings is 1. The second kappa shape index (κ2) is 7.89. The number of amides is 1. The topological polar surface area (TPSA) is 50.4 Å². The van der Waals surface area contributed by atoms with Gasteiger partial charge in [-0.05, 0) is 25.0 Å². The van der Waals surface area contributed by atoms with Gasteiger partial charge in [0, 0.05) is 17.8 Å². The van der Waals surface area contributed by atoms with Crippen molar-refractivity contribution in [2.45, 2.75) is 32.7 Å². The number of hydrogen-bond donors (Lipinski definition) is 2. The highest BCUT2D eigenvalue weighted by molar-refractivity contribution is 6.32. The number of methoxy groups -OCH3 is 1. The van der Waals surface area contributed by atoms with E-state index in [2.05, 4.69) is 24.5 Å². The third-order valence-electron chi connectivity index (χ3n) is 2.95. The number of hydrogen-bond acceptors (Lipinski definition) is 3. The van der Waals surface area contributed by atoms with Crippen molar-refractivity contribution in [3.63, 3.8) is 0 Å². The molecule has 0 atom stereocenters. The highest BCUT2D eigenvalue weighted by Gasteiger charge is 2.08. The van der Waals surface area contributed by atoms with Crippen molar-refractivity contribution in [1.29, 1.82) is 0 Å². The van der Waals surface area contributed by atoms with Crippen molar-refractivity contribution >= 4 is 23.2 Å². The second-order valence-corrected chi connectivity index (χ2v) is 4.69. The second-order valence-electron chi connectivity index (χ2n) is 4.28. The molecule has 106 valence electrons. The van der Waals surface area contributed by atoms with Crippen molar-refractivity contribution in [3.05, 3.63) is 23.2 Å². The lowest BCUT2D eigenvalue weighted by atomic mass is 10.2. The van der Waals surface area contributed by atoms with E-state index in [9.17, 15) is 4.79 Å². The first-order chi connectivity index (χ1) is 9.10. The fraction of sp³-hybridized carbons (Fsp3) is 0.500. The summed E-state index contributed by atoms with van der Waals surface area (Å²) >= 11 is 5.93. The molecule has 0 aliphatic rings. The standard InChI is InChI=1S/C14H21ClN2O2/c1-4-10(5-2)17-14(18)9-16-11-6-7-12(15)13(8-11)19-3/h6-8,10,16H,4-5,9H2,1-3H3,(H,17,18). The minimum absolute atomic E-state index is 0.0115. The van der Waals surface area contributed by atoms with Gasteiger partial charge in [0.25, 0.3) is 0 Å². The number of carbonyl (C=O) groups is 1. The van der Waals surface area contributed by atoms with Crippen molar-refractivity contribution in [3.8, 4) is 5.75 Å². The fourth-order valence-electron chi connectivity index (χ4n) is 1.72. The number of rotatable bonds is 7. The normalized spacial score (nSPS) is 10.4. The summed E-state index contributed by atoms with van der Waals surface area (Å²) in [5, 5.41) is 6.57. The van der Waals surface area contributed by atoms with Crippen LogP contribution in [0.4, 0.5) is 5.69 Å². The molecule has 0 heterocycles. The molecule has 0 aliphatic heterocycles. The molecule has 1 amide bonds. The van der Waals surface area contributed by atoms with Crippen LogP contribution in [0.5, 0.6) is 5.75 Å². The summed E-state index contributed by atoms with van der Waals surface area (Å²) in [4.78, 5) is 11.7. The lowest BCUT2D eigenvalue weighted by molar-refractivity contribution is -0.120. The maximum absolute atomic E-state index is 11.7. The van der Waals surface area contributed by atoms with Gasteiger partial charge in [-0.25, -0.2) is 0 Å². The van der Waals surface area contributed by atoms with E-state index in [1.807, 2.05) is 6.07 Å². The molecule has 0 aliphatic carbocycles. The molecule has 0 bridgehead atoms. The highest BCUT2D eigenvalue weighted by Crippen LogP contribution is 2.27. The monoisotopic (exact) mass is 284 g/mol. The summed E-state index contributed by atoms with van der Waals surface area (Å²) in [5.74, 6) is 0.578. The number of halogens is 1. The van der Waals surface area contributed by atoms with Crippen molar-refractivity contribution in [1.82, 2.24) is 5.32 Å². The Morgan fingerprint density at radius 1 is 1.37 bits per heavy atom. The molecule has 5 heteroatoms. The van der Waals surface area contributed by atoms with Crippen LogP contribution in [0.25, 0.3) is 0 Å². The van der Waals surface area contributed by atoms with Crippen LogP contribution in [0.3, 0.4) is 0 Å². The molecule has 0 fully saturated rings. The quantitative estimate of drug-likeness (QED) is 0.809. The Hall–Kier alpha value is -1.42. The zero-order valence-corrected chi connectivity index (χ0v) is 12.4. The van der Waals surface area contributed by atoms with Gasteiger partial charge in [-0.15, -0.1) is 0 Å². The van der Waals surface area contributed by atoms with Crippen molar-refractivity contribution in [2.24, 2.45) is 0 Å². The Morgan fingerprint density at radius 3 is 2.63 bits per heavy atom. The Balaban J connectivity index is 2.50. The molecule has 1 aromatic carbocycles. The van der Waals surface area contributed by atoms with Crippen molar-refractivity contribution in [2.75, 3.05) is 19.0 Å². The van der Waals surface area contributed by atoms with E-state index < -0.39 is 0 Å². The van der Waals surface area contributed by atoms with E-state index in [1.54, 1.807) is 19.2 Å². The molecule has 0 unspecified atom stereocenters. The minimum Gasteiger partial charge on any atom is -0.495 e. The molecule has 0 saturated heterocycles. The Morgan fingerprint density at radius 2 is 2.05 bits per heavy atom. The molecule has 0 radical (unpaired) electrons. The summed E-state index contributed by atoms with van der Waals surface area (Å²) in [6.45, 7) is 4.36. The van der Waals surface area contributed by atoms with Crippen LogP contribution >= 0.6 is 11.6 Å². The highest BCUT2D eigenvalue weighted by atomic mass is 35.5. The third-order valence-corrected chi connectivity index (χ3v) is 3.27. The lowest BCUT2D eigenvalue weighted by Gasteiger charge is -2.15. The van der Waals surface area contributed by atoms with E-state index in [-0.39, 0.29) is 18.5 Å². The molecular weight excluding hydrogens is 264 g/mol. The molecule has 19 heavy (non-hydrogen) atoms. The minimum atomic E-state index is -0.0115. The van der Waals surface area contributed by atoms with E-state index in [4.69, 9.17) is 16.3 Å². The summed E-state index contributed by atoms with van der Waals surface area (Å²) in [7, 11) is 1.56. The van der Waals surface area contributed by atoms with E-state index in [0.717, 1.165) is 18.5 Å². The molecule has 0 spiro atoms. The van der Waals surface area contributed by atoms with Crippen LogP contribution in [0.15, 0.2) is 18.2 Å². The van der Waals surface area contributed by atoms with Gasteiger partial charge in [-0.2, -0.15) is 0 Å². The van der Waals surface area contributed by atoms with Gasteiger partial charge in [0.1, 0.15) is 5.75 Å². The van der Waals surface area contributed by atoms with Gasteiger partial charge in [0.05, 0.1) is 18.7 Å². The molecule has 2 N–H and O–H groups in total. The van der Waals surface area contributed by atoms with E-state index in [0.29, 0.717) is 10.8 Å². The van der Waals surface area contributed by atoms with E-state index >= 15 is 0 Å². The third kappa shape index (κ3) is 4.99. The SMILES string of the molecule is CCC(CC)NC(=O)CNc1ccc(Cl)c(OC)c1. The first-order valence-electron chi connectivity index (χ1n) is 6.47. The van der Waals surface area contributed by atoms with Crippen LogP contribution in [-0.2, 0) is 4.79 Å². The summed E-state index contributed by atoms with van der Waals surface area (Å²) in [6.07, 6.45) is 1.88. The van der Waals surface area contributed by atoms with Gasteiger partial charge in [0.15, 0.2) is 0 Å². The zero-order chi connectivity index (χ0) is 14.3. The molecule has 0 saturated carbocycles. The maximum Gasteiger partial charge on any atom is 0.239 e. The molecular formula is C14H21ClN2O2. The number of anilines is 1. The number of carbonyl (C=O) groups excluding carboxylic acids is 1. The largest absolute Gasteiger partial charge is 0.495 e. The first kappa shape index (κ1) is 15.6. The van der Waals surface area contributed by atoms with E-state index in [1.165, 1.54) is 0 Å². The average molecular weight is 285 g/mol. The Bertz CT molecular complexity index is 420. The predicted molar refractivity (Wildman–Crippen MR) is 79.0 cm³/mol. The van der Waals surface area contributed by atoms with Crippen LogP contribution in [0.1, 0.15) is 26.7 Å². The van der Waals surface area contributed by atoms with Gasteiger partial charge in [-0.1, -0.05) is 25.4 Å². The zero-order valence-electron chi connectivity index (χ0n) is 11.6. The summed E-state index contributed by atoms with van der Waals surface area (Å²) in [5.41, 5.74) is 0.806. The fourth-order valence-corrected chi connectivity index (χ4v) is 1.92. The molecule has 4 nitrogen and oxygen atoms in total. The van der Waals surface area contributed by atoms with Gasteiger partial charge in [-0.3, -0.25) is 4.79 Å². The maximum atomic E-state index is 11.7. The molecule has 1 aromatic rings. The molecule has 1 rings (SSSR count). The summed E-state index contributed by atoms with van der Waals surface area (Å²) < 4.78 is 5.12.